The fourth-order valence-electron chi connectivity index (χ4n) is 1.06. The van der Waals surface area contributed by atoms with Gasteiger partial charge in [0.1, 0.15) is 5.82 Å². The molecule has 0 fully saturated rings. The molecule has 0 aromatic heterocycles. The minimum Gasteiger partial charge on any atom is -0.489 e. The van der Waals surface area contributed by atoms with Crippen LogP contribution in [0.2, 0.25) is 0 Å². The van der Waals surface area contributed by atoms with Crippen molar-refractivity contribution in [2.24, 2.45) is 5.92 Å². The molecule has 0 aliphatic carbocycles. The van der Waals surface area contributed by atoms with Crippen LogP contribution in [0.4, 0.5) is 8.78 Å². The van der Waals surface area contributed by atoms with Gasteiger partial charge in [0, 0.05) is 6.07 Å². The normalized spacial score (nSPS) is 10.1. The van der Waals surface area contributed by atoms with Crippen molar-refractivity contribution < 1.29 is 13.5 Å². The molecule has 15 heavy (non-hydrogen) atoms. The third kappa shape index (κ3) is 2.95. The van der Waals surface area contributed by atoms with Crippen molar-refractivity contribution in [1.82, 2.24) is 0 Å². The molecule has 1 aromatic carbocycles. The van der Waals surface area contributed by atoms with Crippen LogP contribution in [0, 0.1) is 29.9 Å². The SMILES string of the molecule is C#Cc1cc(F)cc(F)c1OCC(C)C. The lowest BCUT2D eigenvalue weighted by Crippen LogP contribution is -2.07. The first-order chi connectivity index (χ1) is 7.04. The van der Waals surface area contributed by atoms with Gasteiger partial charge in [0.25, 0.3) is 0 Å². The lowest BCUT2D eigenvalue weighted by molar-refractivity contribution is 0.258. The summed E-state index contributed by atoms with van der Waals surface area (Å²) in [4.78, 5) is 0. The number of rotatable bonds is 3. The van der Waals surface area contributed by atoms with Crippen LogP contribution in [0.3, 0.4) is 0 Å². The van der Waals surface area contributed by atoms with Crippen molar-refractivity contribution in [2.45, 2.75) is 13.8 Å². The van der Waals surface area contributed by atoms with Crippen LogP contribution in [0.5, 0.6) is 5.75 Å². The van der Waals surface area contributed by atoms with Crippen molar-refractivity contribution in [3.63, 3.8) is 0 Å². The van der Waals surface area contributed by atoms with Crippen LogP contribution < -0.4 is 4.74 Å². The largest absolute Gasteiger partial charge is 0.489 e. The summed E-state index contributed by atoms with van der Waals surface area (Å²) in [5, 5.41) is 0. The van der Waals surface area contributed by atoms with E-state index in [1.165, 1.54) is 0 Å². The lowest BCUT2D eigenvalue weighted by Gasteiger charge is -2.11. The third-order valence-electron chi connectivity index (χ3n) is 1.72. The second kappa shape index (κ2) is 4.79. The van der Waals surface area contributed by atoms with Crippen molar-refractivity contribution in [3.8, 4) is 18.1 Å². The highest BCUT2D eigenvalue weighted by molar-refractivity contribution is 5.46. The van der Waals surface area contributed by atoms with Gasteiger partial charge in [-0.05, 0) is 12.0 Å². The smallest absolute Gasteiger partial charge is 0.170 e. The topological polar surface area (TPSA) is 9.23 Å². The Balaban J connectivity index is 3.00. The Morgan fingerprint density at radius 2 is 2.07 bits per heavy atom. The predicted octanol–water partition coefficient (Wildman–Crippen LogP) is 2.98. The quantitative estimate of drug-likeness (QED) is 0.697. The maximum absolute atomic E-state index is 13.3. The van der Waals surface area contributed by atoms with E-state index in [4.69, 9.17) is 11.2 Å². The van der Waals surface area contributed by atoms with E-state index < -0.39 is 11.6 Å². The predicted molar refractivity (Wildman–Crippen MR) is 54.6 cm³/mol. The summed E-state index contributed by atoms with van der Waals surface area (Å²) in [5.74, 6) is 0.940. The number of ether oxygens (including phenoxy) is 1. The average Bonchev–Trinajstić information content (AvgIpc) is 2.14. The number of halogens is 2. The Morgan fingerprint density at radius 3 is 2.60 bits per heavy atom. The first kappa shape index (κ1) is 11.5. The molecule has 0 radical (unpaired) electrons. The highest BCUT2D eigenvalue weighted by Gasteiger charge is 2.11. The van der Waals surface area contributed by atoms with Gasteiger partial charge in [-0.2, -0.15) is 0 Å². The van der Waals surface area contributed by atoms with E-state index in [2.05, 4.69) is 5.92 Å². The number of hydrogen-bond acceptors (Lipinski definition) is 1. The van der Waals surface area contributed by atoms with Gasteiger partial charge in [-0.15, -0.1) is 6.42 Å². The molecule has 0 heterocycles. The Labute approximate surface area is 88.1 Å². The highest BCUT2D eigenvalue weighted by Crippen LogP contribution is 2.24. The maximum Gasteiger partial charge on any atom is 0.170 e. The van der Waals surface area contributed by atoms with E-state index >= 15 is 0 Å². The van der Waals surface area contributed by atoms with Crippen LogP contribution in [-0.4, -0.2) is 6.61 Å². The summed E-state index contributed by atoms with van der Waals surface area (Å²) < 4.78 is 31.3. The van der Waals surface area contributed by atoms with E-state index in [0.29, 0.717) is 6.61 Å². The Hall–Kier alpha value is -1.56. The van der Waals surface area contributed by atoms with Crippen molar-refractivity contribution >= 4 is 0 Å². The molecule has 0 aliphatic heterocycles. The van der Waals surface area contributed by atoms with E-state index in [9.17, 15) is 8.78 Å². The Kier molecular flexibility index (Phi) is 3.68. The number of hydrogen-bond donors (Lipinski definition) is 0. The summed E-state index contributed by atoms with van der Waals surface area (Å²) in [7, 11) is 0. The van der Waals surface area contributed by atoms with Gasteiger partial charge in [0.2, 0.25) is 0 Å². The minimum absolute atomic E-state index is 0.0485. The standard InChI is InChI=1S/C12H12F2O/c1-4-9-5-10(13)6-11(14)12(9)15-7-8(2)3/h1,5-6,8H,7H2,2-3H3. The monoisotopic (exact) mass is 210 g/mol. The number of benzene rings is 1. The van der Waals surface area contributed by atoms with Crippen molar-refractivity contribution in [2.75, 3.05) is 6.61 Å². The zero-order valence-corrected chi connectivity index (χ0v) is 8.68. The molecule has 0 aliphatic rings. The second-order valence-corrected chi connectivity index (χ2v) is 3.61. The van der Waals surface area contributed by atoms with Crippen LogP contribution in [0.25, 0.3) is 0 Å². The van der Waals surface area contributed by atoms with Crippen LogP contribution in [0.1, 0.15) is 19.4 Å². The van der Waals surface area contributed by atoms with Crippen LogP contribution >= 0.6 is 0 Å². The molecular formula is C12H12F2O. The zero-order chi connectivity index (χ0) is 11.4. The summed E-state index contributed by atoms with van der Waals surface area (Å²) >= 11 is 0. The molecule has 0 atom stereocenters. The molecule has 0 unspecified atom stereocenters. The molecule has 0 saturated heterocycles. The molecule has 1 aromatic rings. The van der Waals surface area contributed by atoms with Crippen LogP contribution in [0.15, 0.2) is 12.1 Å². The first-order valence-corrected chi connectivity index (χ1v) is 4.63. The van der Waals surface area contributed by atoms with E-state index in [1.54, 1.807) is 0 Å². The molecule has 0 bridgehead atoms. The zero-order valence-electron chi connectivity index (χ0n) is 8.68. The van der Waals surface area contributed by atoms with Gasteiger partial charge in [0.15, 0.2) is 11.6 Å². The van der Waals surface area contributed by atoms with Gasteiger partial charge in [0.05, 0.1) is 12.2 Å². The van der Waals surface area contributed by atoms with Gasteiger partial charge in [-0.25, -0.2) is 8.78 Å². The molecule has 1 nitrogen and oxygen atoms in total. The summed E-state index contributed by atoms with van der Waals surface area (Å²) in [5.41, 5.74) is 0.105. The molecular weight excluding hydrogens is 198 g/mol. The number of terminal acetylenes is 1. The lowest BCUT2D eigenvalue weighted by atomic mass is 10.2. The Bertz CT molecular complexity index is 391. The van der Waals surface area contributed by atoms with E-state index in [0.717, 1.165) is 12.1 Å². The molecule has 0 spiro atoms. The van der Waals surface area contributed by atoms with E-state index in [-0.39, 0.29) is 17.2 Å². The highest BCUT2D eigenvalue weighted by atomic mass is 19.1. The minimum atomic E-state index is -0.761. The van der Waals surface area contributed by atoms with Gasteiger partial charge < -0.3 is 4.74 Å². The Morgan fingerprint density at radius 1 is 1.40 bits per heavy atom. The molecule has 0 amide bonds. The maximum atomic E-state index is 13.3. The molecule has 80 valence electrons. The van der Waals surface area contributed by atoms with Crippen molar-refractivity contribution in [1.29, 1.82) is 0 Å². The van der Waals surface area contributed by atoms with Gasteiger partial charge >= 0.3 is 0 Å². The molecule has 1 rings (SSSR count). The average molecular weight is 210 g/mol. The second-order valence-electron chi connectivity index (χ2n) is 3.61. The summed E-state index contributed by atoms with van der Waals surface area (Å²) in [6.45, 7) is 4.20. The van der Waals surface area contributed by atoms with Crippen LogP contribution in [-0.2, 0) is 0 Å². The third-order valence-corrected chi connectivity index (χ3v) is 1.72. The molecule has 3 heteroatoms. The molecule has 0 N–H and O–H groups in total. The summed E-state index contributed by atoms with van der Waals surface area (Å²) in [6.07, 6.45) is 5.13. The van der Waals surface area contributed by atoms with Crippen molar-refractivity contribution in [3.05, 3.63) is 29.3 Å². The fourth-order valence-corrected chi connectivity index (χ4v) is 1.06. The van der Waals surface area contributed by atoms with E-state index in [1.807, 2.05) is 13.8 Å². The fraction of sp³-hybridized carbons (Fsp3) is 0.333. The van der Waals surface area contributed by atoms with Gasteiger partial charge in [-0.1, -0.05) is 19.8 Å². The van der Waals surface area contributed by atoms with Gasteiger partial charge in [-0.3, -0.25) is 0 Å². The first-order valence-electron chi connectivity index (χ1n) is 4.63. The molecule has 0 saturated carbocycles. The summed E-state index contributed by atoms with van der Waals surface area (Å²) in [6, 6.07) is 1.84.